The second-order valence-corrected chi connectivity index (χ2v) is 4.28. The predicted molar refractivity (Wildman–Crippen MR) is 65.5 cm³/mol. The molecule has 0 atom stereocenters. The summed E-state index contributed by atoms with van der Waals surface area (Å²) in [6, 6.07) is 3.19. The molecule has 9 heteroatoms. The van der Waals surface area contributed by atoms with Crippen molar-refractivity contribution in [3.05, 3.63) is 30.2 Å². The molecule has 0 aliphatic rings. The molecule has 0 saturated heterocycles. The molecule has 112 valence electrons. The van der Waals surface area contributed by atoms with Crippen molar-refractivity contribution in [2.75, 3.05) is 0 Å². The molecule has 0 aliphatic carbocycles. The fourth-order valence-electron chi connectivity index (χ4n) is 1.83. The van der Waals surface area contributed by atoms with Crippen LogP contribution >= 0.6 is 0 Å². The van der Waals surface area contributed by atoms with Crippen molar-refractivity contribution in [3.8, 4) is 11.3 Å². The lowest BCUT2D eigenvalue weighted by molar-refractivity contribution is -0.136. The van der Waals surface area contributed by atoms with E-state index in [9.17, 15) is 18.0 Å². The predicted octanol–water partition coefficient (Wildman–Crippen LogP) is 2.38. The summed E-state index contributed by atoms with van der Waals surface area (Å²) in [4.78, 5) is 15.0. The molecule has 0 amide bonds. The van der Waals surface area contributed by atoms with Crippen molar-refractivity contribution in [2.24, 2.45) is 0 Å². The van der Waals surface area contributed by atoms with Gasteiger partial charge in [0.2, 0.25) is 0 Å². The van der Waals surface area contributed by atoms with Crippen molar-refractivity contribution in [1.29, 1.82) is 0 Å². The lowest BCUT2D eigenvalue weighted by Crippen LogP contribution is -2.11. The van der Waals surface area contributed by atoms with E-state index in [1.165, 1.54) is 12.4 Å². The van der Waals surface area contributed by atoms with Gasteiger partial charge in [-0.3, -0.25) is 4.98 Å². The van der Waals surface area contributed by atoms with Crippen molar-refractivity contribution < 1.29 is 23.1 Å². The highest BCUT2D eigenvalue weighted by molar-refractivity contribution is 5.92. The Morgan fingerprint density at radius 3 is 2.71 bits per heavy atom. The zero-order valence-electron chi connectivity index (χ0n) is 10.7. The molecule has 0 aliphatic heterocycles. The second kappa shape index (κ2) is 5.90. The maximum atomic E-state index is 12.2. The van der Waals surface area contributed by atoms with Crippen molar-refractivity contribution in [1.82, 2.24) is 20.0 Å². The molecule has 2 aromatic rings. The molecule has 1 N–H and O–H groups in total. The van der Waals surface area contributed by atoms with Gasteiger partial charge in [-0.2, -0.15) is 13.2 Å². The van der Waals surface area contributed by atoms with Gasteiger partial charge in [0.25, 0.3) is 0 Å². The first-order valence-electron chi connectivity index (χ1n) is 6.02. The number of alkyl halides is 3. The Balaban J connectivity index is 2.28. The van der Waals surface area contributed by atoms with E-state index in [1.807, 2.05) is 0 Å². The Bertz CT molecular complexity index is 625. The molecule has 0 aromatic carbocycles. The van der Waals surface area contributed by atoms with Crippen LogP contribution in [0.1, 0.15) is 23.3 Å². The SMILES string of the molecule is O=C(O)c1nnn(CCCC(F)(F)F)c1-c1cccnc1. The molecule has 0 radical (unpaired) electrons. The first-order chi connectivity index (χ1) is 9.88. The van der Waals surface area contributed by atoms with Gasteiger partial charge in [-0.05, 0) is 18.6 Å². The van der Waals surface area contributed by atoms with Crippen LogP contribution in [0.4, 0.5) is 13.2 Å². The minimum Gasteiger partial charge on any atom is -0.476 e. The average Bonchev–Trinajstić information content (AvgIpc) is 2.82. The highest BCUT2D eigenvalue weighted by atomic mass is 19.4. The molecule has 21 heavy (non-hydrogen) atoms. The van der Waals surface area contributed by atoms with Gasteiger partial charge in [0.05, 0.1) is 0 Å². The van der Waals surface area contributed by atoms with Gasteiger partial charge in [-0.15, -0.1) is 5.10 Å². The monoisotopic (exact) mass is 300 g/mol. The van der Waals surface area contributed by atoms with Crippen molar-refractivity contribution in [2.45, 2.75) is 25.6 Å². The maximum Gasteiger partial charge on any atom is 0.389 e. The van der Waals surface area contributed by atoms with E-state index in [4.69, 9.17) is 5.11 Å². The number of carboxylic acid groups (broad SMARTS) is 1. The minimum absolute atomic E-state index is 0.0793. The number of nitrogens with zero attached hydrogens (tertiary/aromatic N) is 4. The third-order valence-corrected chi connectivity index (χ3v) is 2.70. The quantitative estimate of drug-likeness (QED) is 0.917. The van der Waals surface area contributed by atoms with E-state index < -0.39 is 18.6 Å². The minimum atomic E-state index is -4.26. The van der Waals surface area contributed by atoms with Crippen molar-refractivity contribution in [3.63, 3.8) is 0 Å². The zero-order chi connectivity index (χ0) is 15.5. The van der Waals surface area contributed by atoms with Gasteiger partial charge >= 0.3 is 12.1 Å². The summed E-state index contributed by atoms with van der Waals surface area (Å²) in [7, 11) is 0. The molecule has 2 heterocycles. The van der Waals surface area contributed by atoms with Gasteiger partial charge < -0.3 is 5.11 Å². The van der Waals surface area contributed by atoms with E-state index in [2.05, 4.69) is 15.3 Å². The van der Waals surface area contributed by atoms with E-state index >= 15 is 0 Å². The number of hydrogen-bond acceptors (Lipinski definition) is 4. The standard InChI is InChI=1S/C12H11F3N4O2/c13-12(14,15)4-2-6-19-10(8-3-1-5-16-7-8)9(11(20)21)17-18-19/h1,3,5,7H,2,4,6H2,(H,20,21). The van der Waals surface area contributed by atoms with Crippen LogP contribution in [0.25, 0.3) is 11.3 Å². The van der Waals surface area contributed by atoms with Crippen LogP contribution in [0.3, 0.4) is 0 Å². The molecular formula is C12H11F3N4O2. The molecule has 0 bridgehead atoms. The molecule has 0 fully saturated rings. The zero-order valence-corrected chi connectivity index (χ0v) is 10.7. The molecule has 6 nitrogen and oxygen atoms in total. The number of aromatic carboxylic acids is 1. The molecule has 0 unspecified atom stereocenters. The van der Waals surface area contributed by atoms with Crippen LogP contribution in [-0.2, 0) is 6.54 Å². The normalized spacial score (nSPS) is 11.6. The van der Waals surface area contributed by atoms with Crippen LogP contribution in [0.15, 0.2) is 24.5 Å². The van der Waals surface area contributed by atoms with Gasteiger partial charge in [0.15, 0.2) is 5.69 Å². The van der Waals surface area contributed by atoms with Gasteiger partial charge in [0, 0.05) is 30.9 Å². The second-order valence-electron chi connectivity index (χ2n) is 4.28. The molecule has 0 saturated carbocycles. The summed E-state index contributed by atoms with van der Waals surface area (Å²) < 4.78 is 37.7. The summed E-state index contributed by atoms with van der Waals surface area (Å²) in [5.74, 6) is -1.30. The van der Waals surface area contributed by atoms with E-state index in [0.717, 1.165) is 4.68 Å². The lowest BCUT2D eigenvalue weighted by atomic mass is 10.1. The molecule has 2 aromatic heterocycles. The van der Waals surface area contributed by atoms with E-state index in [-0.39, 0.29) is 24.4 Å². The summed E-state index contributed by atoms with van der Waals surface area (Å²) in [6.45, 7) is -0.0793. The van der Waals surface area contributed by atoms with Crippen LogP contribution < -0.4 is 0 Å². The lowest BCUT2D eigenvalue weighted by Gasteiger charge is -2.08. The molecule has 0 spiro atoms. The van der Waals surface area contributed by atoms with Crippen LogP contribution in [0.2, 0.25) is 0 Å². The largest absolute Gasteiger partial charge is 0.476 e. The highest BCUT2D eigenvalue weighted by Crippen LogP contribution is 2.24. The van der Waals surface area contributed by atoms with Crippen LogP contribution in [-0.4, -0.2) is 37.2 Å². The first kappa shape index (κ1) is 14.9. The molecule has 2 rings (SSSR count). The van der Waals surface area contributed by atoms with Gasteiger partial charge in [-0.25, -0.2) is 9.48 Å². The highest BCUT2D eigenvalue weighted by Gasteiger charge is 2.27. The number of rotatable bonds is 5. The fourth-order valence-corrected chi connectivity index (χ4v) is 1.83. The van der Waals surface area contributed by atoms with Crippen molar-refractivity contribution >= 4 is 5.97 Å². The topological polar surface area (TPSA) is 80.9 Å². The third-order valence-electron chi connectivity index (χ3n) is 2.70. The fraction of sp³-hybridized carbons (Fsp3) is 0.333. The number of carboxylic acids is 1. The van der Waals surface area contributed by atoms with E-state index in [0.29, 0.717) is 5.56 Å². The summed E-state index contributed by atoms with van der Waals surface area (Å²) in [5, 5.41) is 16.2. The number of halogens is 3. The maximum absolute atomic E-state index is 12.2. The molecular weight excluding hydrogens is 289 g/mol. The Morgan fingerprint density at radius 1 is 1.38 bits per heavy atom. The number of aromatic nitrogens is 4. The van der Waals surface area contributed by atoms with Gasteiger partial charge in [-0.1, -0.05) is 5.21 Å². The van der Waals surface area contributed by atoms with Gasteiger partial charge in [0.1, 0.15) is 5.69 Å². The average molecular weight is 300 g/mol. The summed E-state index contributed by atoms with van der Waals surface area (Å²) in [5.41, 5.74) is 0.277. The number of aryl methyl sites for hydroxylation is 1. The number of carbonyl (C=O) groups is 1. The number of hydrogen-bond donors (Lipinski definition) is 1. The Hall–Kier alpha value is -2.45. The van der Waals surface area contributed by atoms with Crippen LogP contribution in [0.5, 0.6) is 0 Å². The Morgan fingerprint density at radius 2 is 2.14 bits per heavy atom. The van der Waals surface area contributed by atoms with E-state index in [1.54, 1.807) is 12.1 Å². The summed E-state index contributed by atoms with van der Waals surface area (Å²) in [6.07, 6.45) is -2.53. The first-order valence-corrected chi connectivity index (χ1v) is 6.02. The van der Waals surface area contributed by atoms with Crippen LogP contribution in [0, 0.1) is 0 Å². The Kier molecular flexibility index (Phi) is 4.20. The third kappa shape index (κ3) is 3.77. The Labute approximate surface area is 117 Å². The number of pyridine rings is 1. The summed E-state index contributed by atoms with van der Waals surface area (Å²) >= 11 is 0. The smallest absolute Gasteiger partial charge is 0.389 e.